The summed E-state index contributed by atoms with van der Waals surface area (Å²) >= 11 is 0. The third kappa shape index (κ3) is 12.1. The van der Waals surface area contributed by atoms with Crippen molar-refractivity contribution in [1.29, 1.82) is 0 Å². The zero-order valence-corrected chi connectivity index (χ0v) is 8.59. The van der Waals surface area contributed by atoms with E-state index in [-0.39, 0.29) is 5.97 Å². The number of hydrogen-bond acceptors (Lipinski definition) is 3. The van der Waals surface area contributed by atoms with Crippen LogP contribution in [0.1, 0.15) is 34.1 Å². The second kappa shape index (κ2) is 10.4. The van der Waals surface area contributed by atoms with Crippen LogP contribution in [0.25, 0.3) is 0 Å². The summed E-state index contributed by atoms with van der Waals surface area (Å²) in [6, 6.07) is 0. The first-order valence-corrected chi connectivity index (χ1v) is 4.52. The Bertz CT molecular complexity index is 103. The Balaban J connectivity index is 0. The van der Waals surface area contributed by atoms with E-state index >= 15 is 0 Å². The lowest BCUT2D eigenvalue weighted by atomic mass is 10.1. The maximum atomic E-state index is 10.7. The lowest BCUT2D eigenvalue weighted by molar-refractivity contribution is -0.144. The molecule has 0 spiro atoms. The number of nitrogens with two attached hydrogens (primary N) is 1. The Morgan fingerprint density at radius 2 is 1.92 bits per heavy atom. The molecule has 0 unspecified atom stereocenters. The molecule has 0 fully saturated rings. The summed E-state index contributed by atoms with van der Waals surface area (Å²) in [5.74, 6) is 0.214. The van der Waals surface area contributed by atoms with Crippen LogP contribution in [-0.4, -0.2) is 19.1 Å². The van der Waals surface area contributed by atoms with E-state index in [1.165, 1.54) is 0 Å². The second-order valence-corrected chi connectivity index (χ2v) is 2.61. The minimum Gasteiger partial charge on any atom is -0.464 e. The van der Waals surface area contributed by atoms with Crippen LogP contribution >= 0.6 is 0 Å². The first-order valence-electron chi connectivity index (χ1n) is 4.52. The first-order chi connectivity index (χ1) is 5.66. The number of carbonyl (C=O) groups is 1. The summed E-state index contributed by atoms with van der Waals surface area (Å²) in [4.78, 5) is 10.7. The van der Waals surface area contributed by atoms with Crippen molar-refractivity contribution in [3.8, 4) is 0 Å². The van der Waals surface area contributed by atoms with Gasteiger partial charge in [0, 0.05) is 13.0 Å². The van der Waals surface area contributed by atoms with Gasteiger partial charge in [-0.2, -0.15) is 0 Å². The molecule has 12 heavy (non-hydrogen) atoms. The molecule has 0 rings (SSSR count). The smallest absolute Gasteiger partial charge is 0.306 e. The number of ether oxygens (including phenoxy) is 1. The third-order valence-electron chi connectivity index (χ3n) is 0.956. The number of hydrogen-bond donors (Lipinski definition) is 1. The average Bonchev–Trinajstić information content (AvgIpc) is 2.03. The zero-order chi connectivity index (χ0) is 9.98. The number of esters is 1. The molecule has 0 amide bonds. The fourth-order valence-corrected chi connectivity index (χ4v) is 0.565. The van der Waals surface area contributed by atoms with Gasteiger partial charge in [-0.3, -0.25) is 4.79 Å². The number of carbonyl (C=O) groups excluding carboxylic acids is 1. The van der Waals surface area contributed by atoms with Crippen molar-refractivity contribution < 1.29 is 9.53 Å². The van der Waals surface area contributed by atoms with Gasteiger partial charge >= 0.3 is 5.97 Å². The van der Waals surface area contributed by atoms with Crippen molar-refractivity contribution in [2.24, 2.45) is 11.7 Å². The van der Waals surface area contributed by atoms with Crippen molar-refractivity contribution in [2.75, 3.05) is 13.2 Å². The van der Waals surface area contributed by atoms with Crippen LogP contribution in [-0.2, 0) is 9.53 Å². The minimum atomic E-state index is -0.152. The largest absolute Gasteiger partial charge is 0.464 e. The molecule has 0 atom stereocenters. The molecule has 2 N–H and O–H groups in total. The van der Waals surface area contributed by atoms with E-state index in [2.05, 4.69) is 0 Å². The molecule has 0 aromatic heterocycles. The number of rotatable bonds is 4. The van der Waals surface area contributed by atoms with E-state index in [9.17, 15) is 4.79 Å². The Labute approximate surface area is 75.3 Å². The molecule has 0 aliphatic carbocycles. The molecular weight excluding hydrogens is 154 g/mol. The quantitative estimate of drug-likeness (QED) is 0.660. The highest BCUT2D eigenvalue weighted by Crippen LogP contribution is 1.99. The predicted molar refractivity (Wildman–Crippen MR) is 50.8 cm³/mol. The van der Waals surface area contributed by atoms with Crippen molar-refractivity contribution in [3.63, 3.8) is 0 Å². The van der Waals surface area contributed by atoms with Crippen LogP contribution in [0.5, 0.6) is 0 Å². The van der Waals surface area contributed by atoms with Crippen LogP contribution in [0.15, 0.2) is 0 Å². The van der Waals surface area contributed by atoms with Gasteiger partial charge in [0.15, 0.2) is 0 Å². The highest BCUT2D eigenvalue weighted by atomic mass is 16.5. The van der Waals surface area contributed by atoms with Gasteiger partial charge in [0.2, 0.25) is 0 Å². The van der Waals surface area contributed by atoms with Gasteiger partial charge < -0.3 is 10.5 Å². The van der Waals surface area contributed by atoms with Crippen LogP contribution in [0.2, 0.25) is 0 Å². The summed E-state index contributed by atoms with van der Waals surface area (Å²) in [6.07, 6.45) is 0.486. The summed E-state index contributed by atoms with van der Waals surface area (Å²) in [5.41, 5.74) is 5.13. The Hall–Kier alpha value is -0.570. The molecule has 0 aromatic rings. The van der Waals surface area contributed by atoms with Gasteiger partial charge in [0.25, 0.3) is 0 Å². The van der Waals surface area contributed by atoms with Crippen LogP contribution in [0.3, 0.4) is 0 Å². The normalized spacial score (nSPS) is 8.83. The first kappa shape index (κ1) is 14.0. The Kier molecular flexibility index (Phi) is 12.2. The van der Waals surface area contributed by atoms with E-state index in [0.29, 0.717) is 25.5 Å². The molecule has 0 saturated heterocycles. The van der Waals surface area contributed by atoms with Gasteiger partial charge in [-0.15, -0.1) is 0 Å². The maximum absolute atomic E-state index is 10.7. The molecule has 0 saturated carbocycles. The third-order valence-corrected chi connectivity index (χ3v) is 0.956. The van der Waals surface area contributed by atoms with Gasteiger partial charge in [-0.25, -0.2) is 0 Å². The lowest BCUT2D eigenvalue weighted by Gasteiger charge is -2.03. The van der Waals surface area contributed by atoms with Crippen molar-refractivity contribution in [1.82, 2.24) is 0 Å². The van der Waals surface area contributed by atoms with Crippen LogP contribution in [0, 0.1) is 5.92 Å². The summed E-state index contributed by atoms with van der Waals surface area (Å²) in [7, 11) is 0. The highest BCUT2D eigenvalue weighted by molar-refractivity contribution is 5.69. The molecule has 0 bridgehead atoms. The summed E-state index contributed by atoms with van der Waals surface area (Å²) < 4.78 is 4.74. The van der Waals surface area contributed by atoms with Gasteiger partial charge in [-0.1, -0.05) is 27.7 Å². The average molecular weight is 175 g/mol. The lowest BCUT2D eigenvalue weighted by Crippen LogP contribution is -2.14. The Morgan fingerprint density at radius 3 is 2.25 bits per heavy atom. The van der Waals surface area contributed by atoms with Crippen molar-refractivity contribution >= 4 is 5.97 Å². The summed E-state index contributed by atoms with van der Waals surface area (Å²) in [5, 5.41) is 0. The monoisotopic (exact) mass is 175 g/mol. The van der Waals surface area contributed by atoms with Crippen LogP contribution in [0.4, 0.5) is 0 Å². The highest BCUT2D eigenvalue weighted by Gasteiger charge is 2.03. The zero-order valence-electron chi connectivity index (χ0n) is 8.59. The molecule has 3 nitrogen and oxygen atoms in total. The van der Waals surface area contributed by atoms with E-state index in [1.54, 1.807) is 0 Å². The van der Waals surface area contributed by atoms with Crippen LogP contribution < -0.4 is 5.73 Å². The van der Waals surface area contributed by atoms with Gasteiger partial charge in [0.1, 0.15) is 6.61 Å². The van der Waals surface area contributed by atoms with Gasteiger partial charge in [-0.05, 0) is 5.92 Å². The SMILES string of the molecule is CC.CC(C)CC(=O)OCCN. The second-order valence-electron chi connectivity index (χ2n) is 2.61. The maximum Gasteiger partial charge on any atom is 0.306 e. The molecule has 0 aliphatic heterocycles. The van der Waals surface area contributed by atoms with Crippen molar-refractivity contribution in [2.45, 2.75) is 34.1 Å². The predicted octanol–water partition coefficient (Wildman–Crippen LogP) is 1.56. The van der Waals surface area contributed by atoms with Gasteiger partial charge in [0.05, 0.1) is 0 Å². The standard InChI is InChI=1S/C7H15NO2.C2H6/c1-6(2)5-7(9)10-4-3-8;1-2/h6H,3-5,8H2,1-2H3;1-2H3. The minimum absolute atomic E-state index is 0.152. The summed E-state index contributed by atoms with van der Waals surface area (Å²) in [6.45, 7) is 8.70. The fraction of sp³-hybridized carbons (Fsp3) is 0.889. The topological polar surface area (TPSA) is 52.3 Å². The van der Waals surface area contributed by atoms with E-state index < -0.39 is 0 Å². The van der Waals surface area contributed by atoms with E-state index in [4.69, 9.17) is 10.5 Å². The molecular formula is C9H21NO2. The molecule has 0 aliphatic rings. The molecule has 0 heterocycles. The molecule has 0 radical (unpaired) electrons. The fourth-order valence-electron chi connectivity index (χ4n) is 0.565. The Morgan fingerprint density at radius 1 is 1.42 bits per heavy atom. The van der Waals surface area contributed by atoms with Crippen molar-refractivity contribution in [3.05, 3.63) is 0 Å². The van der Waals surface area contributed by atoms with E-state index in [0.717, 1.165) is 0 Å². The van der Waals surface area contributed by atoms with E-state index in [1.807, 2.05) is 27.7 Å². The molecule has 3 heteroatoms. The molecule has 0 aromatic carbocycles. The molecule has 74 valence electrons.